The van der Waals surface area contributed by atoms with E-state index in [9.17, 15) is 9.59 Å². The lowest BCUT2D eigenvalue weighted by Gasteiger charge is -2.22. The molecule has 2 aromatic carbocycles. The summed E-state index contributed by atoms with van der Waals surface area (Å²) in [6.07, 6.45) is 1.87. The number of imidazole rings is 1. The number of nitrogens with zero attached hydrogens (tertiary/aromatic N) is 3. The first kappa shape index (κ1) is 22.4. The van der Waals surface area contributed by atoms with Gasteiger partial charge >= 0.3 is 5.97 Å². The fourth-order valence-corrected chi connectivity index (χ4v) is 3.04. The molecule has 3 aromatic rings. The molecular weight excluding hydrogens is 392 g/mol. The second-order valence-electron chi connectivity index (χ2n) is 6.28. The van der Waals surface area contributed by atoms with Gasteiger partial charge in [-0.15, -0.1) is 12.4 Å². The summed E-state index contributed by atoms with van der Waals surface area (Å²) in [6.45, 7) is 2.97. The summed E-state index contributed by atoms with van der Waals surface area (Å²) in [5.74, 6) is -0.502. The normalized spacial score (nSPS) is 10.4. The van der Waals surface area contributed by atoms with Crippen molar-refractivity contribution in [2.24, 2.45) is 0 Å². The monoisotopic (exact) mass is 416 g/mol. The average Bonchev–Trinajstić information content (AvgIpc) is 3.11. The minimum atomic E-state index is -0.322. The van der Waals surface area contributed by atoms with Crippen LogP contribution in [0.15, 0.2) is 54.9 Å². The Morgan fingerprint density at radius 3 is 2.62 bits per heavy atom. The maximum absolute atomic E-state index is 13.2. The maximum Gasteiger partial charge on any atom is 0.307 e. The van der Waals surface area contributed by atoms with E-state index < -0.39 is 0 Å². The minimum absolute atomic E-state index is 0. The predicted octanol–water partition coefficient (Wildman–Crippen LogP) is 3.24. The van der Waals surface area contributed by atoms with Crippen LogP contribution in [0.3, 0.4) is 0 Å². The number of nitrogens with one attached hydrogen (secondary N) is 1. The molecule has 3 rings (SSSR count). The number of aromatic nitrogens is 2. The summed E-state index contributed by atoms with van der Waals surface area (Å²) in [7, 11) is 1.87. The second kappa shape index (κ2) is 10.6. The molecule has 0 unspecified atom stereocenters. The zero-order chi connectivity index (χ0) is 19.9. The van der Waals surface area contributed by atoms with Gasteiger partial charge in [0, 0.05) is 17.8 Å². The van der Waals surface area contributed by atoms with E-state index in [4.69, 9.17) is 4.74 Å². The number of anilines is 1. The molecule has 1 heterocycles. The highest BCUT2D eigenvalue weighted by Crippen LogP contribution is 2.20. The number of halogens is 1. The van der Waals surface area contributed by atoms with E-state index in [1.165, 1.54) is 0 Å². The number of ether oxygens (including phenoxy) is 1. The molecule has 0 saturated carbocycles. The molecule has 0 atom stereocenters. The second-order valence-corrected chi connectivity index (χ2v) is 6.28. The summed E-state index contributed by atoms with van der Waals surface area (Å²) in [5, 5.41) is 3.08. The van der Waals surface area contributed by atoms with Gasteiger partial charge in [0.05, 0.1) is 37.1 Å². The highest BCUT2D eigenvalue weighted by atomic mass is 35.5. The third-order valence-corrected chi connectivity index (χ3v) is 4.35. The predicted molar refractivity (Wildman–Crippen MR) is 115 cm³/mol. The quantitative estimate of drug-likeness (QED) is 0.570. The van der Waals surface area contributed by atoms with Crippen molar-refractivity contribution in [3.63, 3.8) is 0 Å². The number of carbonyl (C=O) groups is 2. The summed E-state index contributed by atoms with van der Waals surface area (Å²) >= 11 is 0. The highest BCUT2D eigenvalue weighted by Gasteiger charge is 2.20. The molecule has 1 aromatic heterocycles. The molecule has 0 aliphatic heterocycles. The van der Waals surface area contributed by atoms with Gasteiger partial charge in [-0.05, 0) is 44.3 Å². The van der Waals surface area contributed by atoms with Crippen LogP contribution in [0.2, 0.25) is 0 Å². The van der Waals surface area contributed by atoms with Crippen molar-refractivity contribution in [3.05, 3.63) is 60.4 Å². The van der Waals surface area contributed by atoms with E-state index in [2.05, 4.69) is 10.3 Å². The van der Waals surface area contributed by atoms with Crippen molar-refractivity contribution in [2.75, 3.05) is 25.1 Å². The Labute approximate surface area is 176 Å². The summed E-state index contributed by atoms with van der Waals surface area (Å²) < 4.78 is 6.97. The van der Waals surface area contributed by atoms with Gasteiger partial charge in [-0.3, -0.25) is 9.59 Å². The van der Waals surface area contributed by atoms with E-state index in [0.29, 0.717) is 18.8 Å². The lowest BCUT2D eigenvalue weighted by molar-refractivity contribution is -0.142. The van der Waals surface area contributed by atoms with Crippen molar-refractivity contribution in [1.82, 2.24) is 14.9 Å². The maximum atomic E-state index is 13.2. The minimum Gasteiger partial charge on any atom is -0.466 e. The number of esters is 1. The molecule has 0 radical (unpaired) electrons. The van der Waals surface area contributed by atoms with Gasteiger partial charge in [0.15, 0.2) is 0 Å². The molecule has 0 fully saturated rings. The molecule has 0 bridgehead atoms. The summed E-state index contributed by atoms with van der Waals surface area (Å²) in [5.41, 5.74) is 2.95. The molecule has 154 valence electrons. The van der Waals surface area contributed by atoms with Gasteiger partial charge in [0.25, 0.3) is 5.91 Å². The number of hydrogen-bond acceptors (Lipinski definition) is 5. The zero-order valence-electron chi connectivity index (χ0n) is 16.5. The van der Waals surface area contributed by atoms with Crippen LogP contribution in [0.25, 0.3) is 11.0 Å². The Balaban J connectivity index is 0.00000300. The van der Waals surface area contributed by atoms with Gasteiger partial charge in [-0.1, -0.05) is 18.2 Å². The standard InChI is InChI=1S/C21H24N4O3.ClH/c1-3-28-20(26)11-12-25(17-7-5-4-6-8-17)21(27)16-9-10-19-18(13-16)23-15-24(19)14-22-2;/h4-10,13,15,22H,3,11-12,14H2,1-2H3;1H. The van der Waals surface area contributed by atoms with Crippen molar-refractivity contribution in [1.29, 1.82) is 0 Å². The van der Waals surface area contributed by atoms with Crippen LogP contribution < -0.4 is 10.2 Å². The fourth-order valence-electron chi connectivity index (χ4n) is 3.04. The average molecular weight is 417 g/mol. The van der Waals surface area contributed by atoms with Gasteiger partial charge < -0.3 is 19.5 Å². The van der Waals surface area contributed by atoms with Gasteiger partial charge in [-0.2, -0.15) is 0 Å². The fraction of sp³-hybridized carbons (Fsp3) is 0.286. The molecule has 0 aliphatic carbocycles. The number of benzene rings is 2. The Bertz CT molecular complexity index is 959. The SMILES string of the molecule is CCOC(=O)CCN(C(=O)c1ccc2c(c1)ncn2CNC)c1ccccc1.Cl. The van der Waals surface area contributed by atoms with E-state index in [0.717, 1.165) is 16.7 Å². The number of rotatable bonds is 8. The molecule has 1 N–H and O–H groups in total. The zero-order valence-corrected chi connectivity index (χ0v) is 17.3. The van der Waals surface area contributed by atoms with E-state index in [-0.39, 0.29) is 37.2 Å². The molecule has 0 saturated heterocycles. The Morgan fingerprint density at radius 2 is 1.93 bits per heavy atom. The Morgan fingerprint density at radius 1 is 1.17 bits per heavy atom. The lowest BCUT2D eigenvalue weighted by Crippen LogP contribution is -2.33. The number of amides is 1. The molecule has 29 heavy (non-hydrogen) atoms. The molecule has 0 aliphatic rings. The van der Waals surface area contributed by atoms with Crippen molar-refractivity contribution < 1.29 is 14.3 Å². The number of fused-ring (bicyclic) bond motifs is 1. The van der Waals surface area contributed by atoms with Crippen LogP contribution in [0.4, 0.5) is 5.69 Å². The van der Waals surface area contributed by atoms with Crippen LogP contribution in [0.5, 0.6) is 0 Å². The van der Waals surface area contributed by atoms with Crippen LogP contribution in [-0.4, -0.2) is 41.6 Å². The first-order chi connectivity index (χ1) is 13.6. The molecular formula is C21H25ClN4O3. The van der Waals surface area contributed by atoms with Crippen LogP contribution >= 0.6 is 12.4 Å². The van der Waals surface area contributed by atoms with Gasteiger partial charge in [-0.25, -0.2) is 4.98 Å². The first-order valence-corrected chi connectivity index (χ1v) is 9.26. The van der Waals surface area contributed by atoms with E-state index in [1.54, 1.807) is 30.3 Å². The summed E-state index contributed by atoms with van der Waals surface area (Å²) in [4.78, 5) is 31.0. The third kappa shape index (κ3) is 5.34. The number of para-hydroxylation sites is 1. The van der Waals surface area contributed by atoms with Gasteiger partial charge in [0.1, 0.15) is 0 Å². The van der Waals surface area contributed by atoms with Crippen molar-refractivity contribution >= 4 is 41.0 Å². The first-order valence-electron chi connectivity index (χ1n) is 9.26. The third-order valence-electron chi connectivity index (χ3n) is 4.35. The Hall–Kier alpha value is -2.90. The number of hydrogen-bond donors (Lipinski definition) is 1. The lowest BCUT2D eigenvalue weighted by atomic mass is 10.1. The van der Waals surface area contributed by atoms with Gasteiger partial charge in [0.2, 0.25) is 0 Å². The van der Waals surface area contributed by atoms with E-state index in [1.807, 2.05) is 48.0 Å². The Kier molecular flexibility index (Phi) is 8.18. The topological polar surface area (TPSA) is 76.5 Å². The smallest absolute Gasteiger partial charge is 0.307 e. The van der Waals surface area contributed by atoms with Crippen molar-refractivity contribution in [2.45, 2.75) is 20.0 Å². The van der Waals surface area contributed by atoms with E-state index >= 15 is 0 Å². The molecule has 1 amide bonds. The summed E-state index contributed by atoms with van der Waals surface area (Å²) in [6, 6.07) is 14.8. The largest absolute Gasteiger partial charge is 0.466 e. The molecule has 8 heteroatoms. The van der Waals surface area contributed by atoms with Crippen molar-refractivity contribution in [3.8, 4) is 0 Å². The highest BCUT2D eigenvalue weighted by molar-refractivity contribution is 6.07. The van der Waals surface area contributed by atoms with Crippen LogP contribution in [-0.2, 0) is 16.2 Å². The molecule has 0 spiro atoms. The number of carbonyl (C=O) groups excluding carboxylic acids is 2. The van der Waals surface area contributed by atoms with Crippen LogP contribution in [0.1, 0.15) is 23.7 Å². The van der Waals surface area contributed by atoms with Crippen LogP contribution in [0, 0.1) is 0 Å². The molecule has 7 nitrogen and oxygen atoms in total.